The Kier molecular flexibility index (Phi) is 15.8. The maximum atomic E-state index is 14.5. The van der Waals surface area contributed by atoms with Crippen molar-refractivity contribution in [1.29, 1.82) is 0 Å². The van der Waals surface area contributed by atoms with Crippen molar-refractivity contribution in [2.75, 3.05) is 72.2 Å². The molecule has 3 saturated carbocycles. The highest BCUT2D eigenvalue weighted by molar-refractivity contribution is 6.18. The smallest absolute Gasteiger partial charge is 0.251 e. The second-order valence-corrected chi connectivity index (χ2v) is 19.5. The predicted octanol–water partition coefficient (Wildman–Crippen LogP) is 6.78. The fourth-order valence-corrected chi connectivity index (χ4v) is 10.8. The molecule has 8 atom stereocenters. The van der Waals surface area contributed by atoms with E-state index in [1.54, 1.807) is 12.2 Å². The molecular formula is C49H71ClN6O5. The standard InChI is InChI=1S/C49H71ClN6O5/c1-31(2)44-43(30-57)61-56(45(44)48(59)53-42-27-37-26-41(32(42)3)49(37,4)5)28-34-16-13-17-40(46(34)60-9)35-23-36(25-38(24-35)51-19-21-55(8)20-18-50)47(58)52-39(29-54(6)7)22-33-14-11-10-12-15-33/h10-17,23-25,31-32,37,39,41-45,51,57H,18-22,26-30H2,1-9H3,(H,52,58)(H,53,59)/t32-,37-,39-,41+,42-,43-,44-,45-/m0/s1. The Labute approximate surface area is 369 Å². The molecule has 3 aromatic carbocycles. The number of hydrogen-bond donors (Lipinski definition) is 4. The minimum Gasteiger partial charge on any atom is -0.496 e. The number of rotatable bonds is 20. The van der Waals surface area contributed by atoms with Gasteiger partial charge in [-0.15, -0.1) is 11.6 Å². The third kappa shape index (κ3) is 10.9. The number of ether oxygens (including phenoxy) is 1. The van der Waals surface area contributed by atoms with Crippen molar-refractivity contribution >= 4 is 29.1 Å². The highest BCUT2D eigenvalue weighted by atomic mass is 35.5. The number of hydrogen-bond acceptors (Lipinski definition) is 9. The molecule has 4 N–H and O–H groups in total. The highest BCUT2D eigenvalue weighted by Crippen LogP contribution is 2.61. The van der Waals surface area contributed by atoms with Gasteiger partial charge >= 0.3 is 0 Å². The minimum atomic E-state index is -0.602. The quantitative estimate of drug-likeness (QED) is 0.0913. The molecule has 61 heavy (non-hydrogen) atoms. The van der Waals surface area contributed by atoms with Gasteiger partial charge in [0.1, 0.15) is 17.9 Å². The Morgan fingerprint density at radius 1 is 1.03 bits per heavy atom. The summed E-state index contributed by atoms with van der Waals surface area (Å²) in [7, 11) is 7.72. The molecule has 3 aliphatic carbocycles. The first-order valence-electron chi connectivity index (χ1n) is 22.3. The molecule has 0 aromatic heterocycles. The fourth-order valence-electron chi connectivity index (χ4n) is 10.5. The van der Waals surface area contributed by atoms with Gasteiger partial charge in [-0.25, -0.2) is 0 Å². The van der Waals surface area contributed by atoms with Gasteiger partial charge in [-0.1, -0.05) is 83.1 Å². The summed E-state index contributed by atoms with van der Waals surface area (Å²) in [5.41, 5.74) is 5.26. The third-order valence-electron chi connectivity index (χ3n) is 13.9. The van der Waals surface area contributed by atoms with Gasteiger partial charge in [-0.2, -0.15) is 5.06 Å². The van der Waals surface area contributed by atoms with Crippen LogP contribution in [0, 0.1) is 35.0 Å². The maximum Gasteiger partial charge on any atom is 0.251 e. The highest BCUT2D eigenvalue weighted by Gasteiger charge is 2.57. The number of benzene rings is 3. The van der Waals surface area contributed by atoms with Crippen LogP contribution in [0.2, 0.25) is 0 Å². The molecular weight excluding hydrogens is 788 g/mol. The van der Waals surface area contributed by atoms with E-state index < -0.39 is 12.1 Å². The van der Waals surface area contributed by atoms with E-state index in [0.29, 0.717) is 59.9 Å². The number of nitrogens with zero attached hydrogens (tertiary/aromatic N) is 3. The summed E-state index contributed by atoms with van der Waals surface area (Å²) in [6, 6.07) is 21.5. The van der Waals surface area contributed by atoms with E-state index in [1.165, 1.54) is 6.42 Å². The molecule has 2 bridgehead atoms. The predicted molar refractivity (Wildman–Crippen MR) is 246 cm³/mol. The number of amides is 2. The van der Waals surface area contributed by atoms with Crippen molar-refractivity contribution in [3.05, 3.63) is 83.4 Å². The van der Waals surface area contributed by atoms with Crippen molar-refractivity contribution in [1.82, 2.24) is 25.5 Å². The van der Waals surface area contributed by atoms with E-state index in [1.807, 2.05) is 69.7 Å². The summed E-state index contributed by atoms with van der Waals surface area (Å²) in [5.74, 6) is 2.43. The number of carbonyl (C=O) groups is 2. The number of alkyl halides is 1. The molecule has 3 aromatic rings. The molecule has 4 aliphatic rings. The lowest BCUT2D eigenvalue weighted by molar-refractivity contribution is -0.183. The van der Waals surface area contributed by atoms with Crippen LogP contribution in [0.4, 0.5) is 5.69 Å². The Hall–Kier alpha value is -3.71. The van der Waals surface area contributed by atoms with E-state index in [0.717, 1.165) is 47.5 Å². The normalized spacial score (nSPS) is 25.0. The minimum absolute atomic E-state index is 0.0494. The lowest BCUT2D eigenvalue weighted by atomic mass is 9.45. The summed E-state index contributed by atoms with van der Waals surface area (Å²) >= 11 is 6.01. The van der Waals surface area contributed by atoms with Crippen LogP contribution >= 0.6 is 11.6 Å². The van der Waals surface area contributed by atoms with Crippen LogP contribution in [0.5, 0.6) is 5.75 Å². The van der Waals surface area contributed by atoms with Crippen LogP contribution in [-0.4, -0.2) is 123 Å². The Morgan fingerprint density at radius 2 is 1.79 bits per heavy atom. The largest absolute Gasteiger partial charge is 0.496 e. The molecule has 1 heterocycles. The molecule has 7 rings (SSSR count). The van der Waals surface area contributed by atoms with E-state index in [4.69, 9.17) is 21.2 Å². The van der Waals surface area contributed by atoms with Crippen LogP contribution in [0.1, 0.15) is 68.9 Å². The number of halogens is 1. The summed E-state index contributed by atoms with van der Waals surface area (Å²) in [4.78, 5) is 39.5. The molecule has 334 valence electrons. The topological polar surface area (TPSA) is 119 Å². The number of carbonyl (C=O) groups excluding carboxylic acids is 2. The number of likely N-dealkylation sites (N-methyl/N-ethyl adjacent to an activating group) is 2. The average Bonchev–Trinajstić information content (AvgIpc) is 3.60. The van der Waals surface area contributed by atoms with Crippen molar-refractivity contribution in [2.24, 2.45) is 35.0 Å². The number of aliphatic hydroxyl groups is 1. The van der Waals surface area contributed by atoms with Gasteiger partial charge in [0.15, 0.2) is 0 Å². The van der Waals surface area contributed by atoms with Gasteiger partial charge in [0.2, 0.25) is 5.91 Å². The summed E-state index contributed by atoms with van der Waals surface area (Å²) < 4.78 is 6.21. The summed E-state index contributed by atoms with van der Waals surface area (Å²) in [6.07, 6.45) is 2.39. The molecule has 0 spiro atoms. The van der Waals surface area contributed by atoms with Gasteiger partial charge < -0.3 is 35.6 Å². The van der Waals surface area contributed by atoms with Gasteiger partial charge in [-0.05, 0) is 98.8 Å². The van der Waals surface area contributed by atoms with Crippen LogP contribution in [0.25, 0.3) is 11.1 Å². The van der Waals surface area contributed by atoms with Crippen molar-refractivity contribution in [3.8, 4) is 16.9 Å². The first kappa shape index (κ1) is 46.8. The fraction of sp³-hybridized carbons (Fsp3) is 0.592. The number of hydroxylamine groups is 2. The van der Waals surface area contributed by atoms with Crippen LogP contribution in [0.3, 0.4) is 0 Å². The summed E-state index contributed by atoms with van der Waals surface area (Å²) in [5, 5.41) is 22.7. The maximum absolute atomic E-state index is 14.5. The Morgan fingerprint density at radius 3 is 2.43 bits per heavy atom. The molecule has 2 amide bonds. The molecule has 1 saturated heterocycles. The second kappa shape index (κ2) is 20.6. The lowest BCUT2D eigenvalue weighted by Crippen LogP contribution is -2.62. The lowest BCUT2D eigenvalue weighted by Gasteiger charge is -2.62. The monoisotopic (exact) mass is 859 g/mol. The number of fused-ring (bicyclic) bond motifs is 2. The number of aliphatic hydroxyl groups excluding tert-OH is 1. The van der Waals surface area contributed by atoms with Crippen LogP contribution in [-0.2, 0) is 22.6 Å². The van der Waals surface area contributed by atoms with E-state index in [-0.39, 0.29) is 48.9 Å². The third-order valence-corrected chi connectivity index (χ3v) is 14.1. The Bertz CT molecular complexity index is 1930. The zero-order valence-electron chi connectivity index (χ0n) is 37.9. The van der Waals surface area contributed by atoms with Crippen molar-refractivity contribution < 1.29 is 24.3 Å². The van der Waals surface area contributed by atoms with Crippen molar-refractivity contribution in [3.63, 3.8) is 0 Å². The first-order chi connectivity index (χ1) is 29.1. The molecule has 0 radical (unpaired) electrons. The molecule has 0 unspecified atom stereocenters. The molecule has 4 fully saturated rings. The average molecular weight is 860 g/mol. The van der Waals surface area contributed by atoms with E-state index >= 15 is 0 Å². The SMILES string of the molecule is COc1c(CN2O[C@@H](CO)[C@H](C(C)C)[C@H]2C(=O)N[C@H]2C[C@@H]3C[C@H]([C@@H]2C)C3(C)C)cccc1-c1cc(NCCN(C)CCCl)cc(C(=O)N[C@@H](Cc2ccccc2)CN(C)C)c1. The van der Waals surface area contributed by atoms with Crippen LogP contribution < -0.4 is 20.7 Å². The number of para-hydroxylation sites is 1. The van der Waals surface area contributed by atoms with E-state index in [9.17, 15) is 14.7 Å². The van der Waals surface area contributed by atoms with Gasteiger partial charge in [0.05, 0.1) is 20.3 Å². The van der Waals surface area contributed by atoms with Crippen molar-refractivity contribution in [2.45, 2.75) is 84.7 Å². The number of nitrogens with one attached hydrogen (secondary N) is 3. The molecule has 1 aliphatic heterocycles. The zero-order chi connectivity index (χ0) is 44.0. The first-order valence-corrected chi connectivity index (χ1v) is 22.8. The zero-order valence-corrected chi connectivity index (χ0v) is 38.7. The van der Waals surface area contributed by atoms with Gasteiger partial charge in [0.25, 0.3) is 5.91 Å². The van der Waals surface area contributed by atoms with Gasteiger partial charge in [-0.3, -0.25) is 14.4 Å². The number of methoxy groups -OCH3 is 1. The molecule has 12 heteroatoms. The second-order valence-electron chi connectivity index (χ2n) is 19.1. The number of anilines is 1. The molecule has 11 nitrogen and oxygen atoms in total. The summed E-state index contributed by atoms with van der Waals surface area (Å²) in [6.45, 7) is 14.2. The van der Waals surface area contributed by atoms with Crippen LogP contribution in [0.15, 0.2) is 66.7 Å². The Balaban J connectivity index is 1.30. The van der Waals surface area contributed by atoms with E-state index in [2.05, 4.69) is 78.6 Å². The van der Waals surface area contributed by atoms with Gasteiger partial charge in [0, 0.05) is 72.4 Å².